The number of carbonyl (C=O) groups is 2. The Morgan fingerprint density at radius 3 is 2.33 bits per heavy atom. The molecule has 0 bridgehead atoms. The van der Waals surface area contributed by atoms with Gasteiger partial charge in [0.1, 0.15) is 0 Å². The van der Waals surface area contributed by atoms with Gasteiger partial charge in [0.2, 0.25) is 0 Å². The molecule has 1 fully saturated rings. The maximum atomic E-state index is 12.1. The average molecular weight is 326 g/mol. The van der Waals surface area contributed by atoms with Crippen LogP contribution in [0, 0.1) is 11.3 Å². The summed E-state index contributed by atoms with van der Waals surface area (Å²) in [6, 6.07) is 8.87. The van der Waals surface area contributed by atoms with Gasteiger partial charge >= 0.3 is 5.97 Å². The molecule has 1 amide bonds. The third-order valence-electron chi connectivity index (χ3n) is 4.00. The Bertz CT molecular complexity index is 621. The molecule has 0 aliphatic carbocycles. The molecule has 24 heavy (non-hydrogen) atoms. The first kappa shape index (κ1) is 17.7. The zero-order valence-corrected chi connectivity index (χ0v) is 13.7. The van der Waals surface area contributed by atoms with E-state index in [1.54, 1.807) is 35.2 Å². The SMILES string of the molecule is N#Cc1ccc(/C=C/C(=O)OCC(=O)N2CCCCCCC2)cc1. The Morgan fingerprint density at radius 1 is 1.08 bits per heavy atom. The third kappa shape index (κ3) is 5.88. The zero-order valence-electron chi connectivity index (χ0n) is 13.7. The van der Waals surface area contributed by atoms with Crippen LogP contribution < -0.4 is 0 Å². The van der Waals surface area contributed by atoms with Gasteiger partial charge in [-0.05, 0) is 36.6 Å². The molecule has 0 aromatic heterocycles. The summed E-state index contributed by atoms with van der Waals surface area (Å²) >= 11 is 0. The topological polar surface area (TPSA) is 70.4 Å². The maximum Gasteiger partial charge on any atom is 0.331 e. The van der Waals surface area contributed by atoms with Crippen molar-refractivity contribution >= 4 is 18.0 Å². The molecule has 126 valence electrons. The van der Waals surface area contributed by atoms with Gasteiger partial charge in [0.05, 0.1) is 11.6 Å². The van der Waals surface area contributed by atoms with E-state index >= 15 is 0 Å². The Balaban J connectivity index is 1.77. The Hall–Kier alpha value is -2.61. The number of esters is 1. The number of ether oxygens (including phenoxy) is 1. The summed E-state index contributed by atoms with van der Waals surface area (Å²) in [7, 11) is 0. The van der Waals surface area contributed by atoms with E-state index in [1.165, 1.54) is 12.5 Å². The number of nitrogens with zero attached hydrogens (tertiary/aromatic N) is 2. The first-order chi connectivity index (χ1) is 11.7. The van der Waals surface area contributed by atoms with Crippen LogP contribution in [0.4, 0.5) is 0 Å². The second-order valence-electron chi connectivity index (χ2n) is 5.82. The third-order valence-corrected chi connectivity index (χ3v) is 4.00. The number of hydrogen-bond donors (Lipinski definition) is 0. The number of carbonyl (C=O) groups excluding carboxylic acids is 2. The molecule has 1 aromatic carbocycles. The molecule has 1 aliphatic heterocycles. The van der Waals surface area contributed by atoms with E-state index in [0.29, 0.717) is 5.56 Å². The number of benzene rings is 1. The van der Waals surface area contributed by atoms with Gasteiger partial charge in [0, 0.05) is 19.2 Å². The van der Waals surface area contributed by atoms with Crippen LogP contribution in [0.3, 0.4) is 0 Å². The van der Waals surface area contributed by atoms with E-state index in [4.69, 9.17) is 10.00 Å². The first-order valence-electron chi connectivity index (χ1n) is 8.32. The molecule has 0 unspecified atom stereocenters. The van der Waals surface area contributed by atoms with Gasteiger partial charge in [-0.25, -0.2) is 4.79 Å². The number of likely N-dealkylation sites (tertiary alicyclic amines) is 1. The number of amides is 1. The lowest BCUT2D eigenvalue weighted by molar-refractivity contribution is -0.148. The van der Waals surface area contributed by atoms with Gasteiger partial charge in [0.25, 0.3) is 5.91 Å². The summed E-state index contributed by atoms with van der Waals surface area (Å²) in [4.78, 5) is 25.6. The van der Waals surface area contributed by atoms with Crippen molar-refractivity contribution in [2.24, 2.45) is 0 Å². The highest BCUT2D eigenvalue weighted by atomic mass is 16.5. The lowest BCUT2D eigenvalue weighted by Crippen LogP contribution is -2.36. The Labute approximate surface area is 142 Å². The summed E-state index contributed by atoms with van der Waals surface area (Å²) in [5.41, 5.74) is 1.36. The molecule has 1 aromatic rings. The van der Waals surface area contributed by atoms with Crippen LogP contribution in [0.15, 0.2) is 30.3 Å². The van der Waals surface area contributed by atoms with Crippen molar-refractivity contribution in [3.63, 3.8) is 0 Å². The van der Waals surface area contributed by atoms with Crippen molar-refractivity contribution in [2.45, 2.75) is 32.1 Å². The molecule has 0 atom stereocenters. The fourth-order valence-corrected chi connectivity index (χ4v) is 2.60. The van der Waals surface area contributed by atoms with Crippen molar-refractivity contribution in [3.05, 3.63) is 41.5 Å². The van der Waals surface area contributed by atoms with Gasteiger partial charge in [0.15, 0.2) is 6.61 Å². The van der Waals surface area contributed by atoms with E-state index < -0.39 is 5.97 Å². The normalized spacial score (nSPS) is 15.4. The van der Waals surface area contributed by atoms with E-state index in [9.17, 15) is 9.59 Å². The predicted octanol–water partition coefficient (Wildman–Crippen LogP) is 2.91. The van der Waals surface area contributed by atoms with Crippen molar-refractivity contribution in [3.8, 4) is 6.07 Å². The van der Waals surface area contributed by atoms with Gasteiger partial charge < -0.3 is 9.64 Å². The summed E-state index contributed by atoms with van der Waals surface area (Å²) in [6.07, 6.45) is 8.45. The van der Waals surface area contributed by atoms with Gasteiger partial charge in [-0.2, -0.15) is 5.26 Å². The van der Waals surface area contributed by atoms with Crippen molar-refractivity contribution in [2.75, 3.05) is 19.7 Å². The Kier molecular flexibility index (Phi) is 7.03. The van der Waals surface area contributed by atoms with Crippen LogP contribution in [0.5, 0.6) is 0 Å². The summed E-state index contributed by atoms with van der Waals surface area (Å²) in [5, 5.41) is 8.73. The quantitative estimate of drug-likeness (QED) is 0.630. The van der Waals surface area contributed by atoms with Crippen LogP contribution in [0.2, 0.25) is 0 Å². The van der Waals surface area contributed by atoms with Gasteiger partial charge in [-0.3, -0.25) is 4.79 Å². The fraction of sp³-hybridized carbons (Fsp3) is 0.421. The van der Waals surface area contributed by atoms with Crippen molar-refractivity contribution in [1.82, 2.24) is 4.90 Å². The molecular formula is C19H22N2O3. The minimum atomic E-state index is -0.542. The van der Waals surface area contributed by atoms with Crippen molar-refractivity contribution < 1.29 is 14.3 Å². The van der Waals surface area contributed by atoms with Crippen LogP contribution in [0.1, 0.15) is 43.2 Å². The maximum absolute atomic E-state index is 12.1. The Morgan fingerprint density at radius 2 is 1.71 bits per heavy atom. The predicted molar refractivity (Wildman–Crippen MR) is 90.8 cm³/mol. The van der Waals surface area contributed by atoms with Crippen molar-refractivity contribution in [1.29, 1.82) is 5.26 Å². The van der Waals surface area contributed by atoms with E-state index in [1.807, 2.05) is 6.07 Å². The highest BCUT2D eigenvalue weighted by Crippen LogP contribution is 2.10. The van der Waals surface area contributed by atoms with Gasteiger partial charge in [-0.1, -0.05) is 31.4 Å². The highest BCUT2D eigenvalue weighted by Gasteiger charge is 2.15. The summed E-state index contributed by atoms with van der Waals surface area (Å²) < 4.78 is 5.03. The molecule has 1 aliphatic rings. The first-order valence-corrected chi connectivity index (χ1v) is 8.32. The molecule has 1 saturated heterocycles. The molecule has 0 N–H and O–H groups in total. The second-order valence-corrected chi connectivity index (χ2v) is 5.82. The summed E-state index contributed by atoms with van der Waals surface area (Å²) in [5.74, 6) is -0.670. The van der Waals surface area contributed by atoms with E-state index in [-0.39, 0.29) is 12.5 Å². The molecule has 0 radical (unpaired) electrons. The smallest absolute Gasteiger partial charge is 0.331 e. The molecule has 5 nitrogen and oxygen atoms in total. The molecule has 2 rings (SSSR count). The second kappa shape index (κ2) is 9.51. The largest absolute Gasteiger partial charge is 0.452 e. The molecule has 1 heterocycles. The van der Waals surface area contributed by atoms with Crippen LogP contribution in [-0.2, 0) is 14.3 Å². The number of rotatable bonds is 4. The minimum absolute atomic E-state index is 0.128. The number of nitriles is 1. The highest BCUT2D eigenvalue weighted by molar-refractivity contribution is 5.89. The van der Waals surface area contributed by atoms with Crippen LogP contribution in [0.25, 0.3) is 6.08 Å². The lowest BCUT2D eigenvalue weighted by atomic mass is 10.1. The zero-order chi connectivity index (χ0) is 17.2. The standard InChI is InChI=1S/C19H22N2O3/c20-14-17-8-6-16(7-9-17)10-11-19(23)24-15-18(22)21-12-4-2-1-3-5-13-21/h6-11H,1-5,12-13,15H2/b11-10+. The fourth-order valence-electron chi connectivity index (χ4n) is 2.60. The van der Waals surface area contributed by atoms with E-state index in [2.05, 4.69) is 0 Å². The summed E-state index contributed by atoms with van der Waals surface area (Å²) in [6.45, 7) is 1.28. The monoisotopic (exact) mass is 326 g/mol. The molecular weight excluding hydrogens is 304 g/mol. The van der Waals surface area contributed by atoms with E-state index in [0.717, 1.165) is 44.3 Å². The molecule has 5 heteroatoms. The van der Waals surface area contributed by atoms with Crippen LogP contribution >= 0.6 is 0 Å². The number of hydrogen-bond acceptors (Lipinski definition) is 4. The minimum Gasteiger partial charge on any atom is -0.452 e. The average Bonchev–Trinajstić information content (AvgIpc) is 2.58. The van der Waals surface area contributed by atoms with Gasteiger partial charge in [-0.15, -0.1) is 0 Å². The molecule has 0 saturated carbocycles. The van der Waals surface area contributed by atoms with Crippen LogP contribution in [-0.4, -0.2) is 36.5 Å². The molecule has 0 spiro atoms. The lowest BCUT2D eigenvalue weighted by Gasteiger charge is -2.24.